The van der Waals surface area contributed by atoms with Gasteiger partial charge in [-0.25, -0.2) is 0 Å². The van der Waals surface area contributed by atoms with Crippen LogP contribution in [0.4, 0.5) is 0 Å². The molecule has 1 aromatic heterocycles. The molecule has 0 spiro atoms. The van der Waals surface area contributed by atoms with E-state index in [4.69, 9.17) is 5.73 Å². The van der Waals surface area contributed by atoms with Crippen molar-refractivity contribution >= 4 is 10.8 Å². The Balaban J connectivity index is 2.84. The minimum absolute atomic E-state index is 0.430. The third-order valence-electron chi connectivity index (χ3n) is 1.53. The van der Waals surface area contributed by atoms with Crippen LogP contribution in [0.1, 0.15) is 12.6 Å². The third-order valence-corrected chi connectivity index (χ3v) is 2.82. The van der Waals surface area contributed by atoms with E-state index in [-0.39, 0.29) is 0 Å². The highest BCUT2D eigenvalue weighted by Crippen LogP contribution is 2.05. The van der Waals surface area contributed by atoms with Crippen molar-refractivity contribution in [2.24, 2.45) is 5.73 Å². The highest BCUT2D eigenvalue weighted by molar-refractivity contribution is 7.85. The van der Waals surface area contributed by atoms with Crippen LogP contribution in [0.5, 0.6) is 0 Å². The lowest BCUT2D eigenvalue weighted by Gasteiger charge is -1.99. The summed E-state index contributed by atoms with van der Waals surface area (Å²) in [6.45, 7) is 2.31. The molecule has 4 heteroatoms. The first-order chi connectivity index (χ1) is 5.77. The average molecular weight is 184 g/mol. The quantitative estimate of drug-likeness (QED) is 0.751. The second kappa shape index (κ2) is 4.33. The number of aromatic nitrogens is 1. The summed E-state index contributed by atoms with van der Waals surface area (Å²) < 4.78 is 11.3. The predicted octanol–water partition coefficient (Wildman–Crippen LogP) is 0.668. The molecular weight excluding hydrogens is 172 g/mol. The molecule has 3 nitrogen and oxygen atoms in total. The van der Waals surface area contributed by atoms with Crippen molar-refractivity contribution in [3.63, 3.8) is 0 Å². The van der Waals surface area contributed by atoms with Crippen molar-refractivity contribution in [1.29, 1.82) is 0 Å². The van der Waals surface area contributed by atoms with Gasteiger partial charge < -0.3 is 5.73 Å². The summed E-state index contributed by atoms with van der Waals surface area (Å²) in [5.74, 6) is 0.629. The highest BCUT2D eigenvalue weighted by atomic mass is 32.2. The molecule has 0 aliphatic rings. The normalized spacial score (nSPS) is 12.8. The monoisotopic (exact) mass is 184 g/mol. The standard InChI is InChI=1S/C8H12N2OS/c1-2-12(11)8-4-3-7(5-9)10-6-8/h3-4,6H,2,5,9H2,1H3. The molecule has 1 unspecified atom stereocenters. The van der Waals surface area contributed by atoms with Gasteiger partial charge >= 0.3 is 0 Å². The molecule has 66 valence electrons. The first-order valence-corrected chi connectivity index (χ1v) is 5.13. The Morgan fingerprint density at radius 3 is 2.75 bits per heavy atom. The van der Waals surface area contributed by atoms with Gasteiger partial charge in [-0.2, -0.15) is 0 Å². The maximum absolute atomic E-state index is 11.3. The molecule has 0 fully saturated rings. The molecule has 0 aliphatic carbocycles. The van der Waals surface area contributed by atoms with Gasteiger partial charge in [0, 0.05) is 18.5 Å². The van der Waals surface area contributed by atoms with E-state index in [9.17, 15) is 4.21 Å². The SMILES string of the molecule is CCS(=O)c1ccc(CN)nc1. The summed E-state index contributed by atoms with van der Waals surface area (Å²) in [7, 11) is -0.904. The maximum atomic E-state index is 11.3. The summed E-state index contributed by atoms with van der Waals surface area (Å²) >= 11 is 0. The van der Waals surface area contributed by atoms with Crippen LogP contribution in [-0.4, -0.2) is 14.9 Å². The lowest BCUT2D eigenvalue weighted by atomic mass is 10.4. The van der Waals surface area contributed by atoms with Crippen LogP contribution < -0.4 is 5.73 Å². The van der Waals surface area contributed by atoms with Crippen molar-refractivity contribution in [1.82, 2.24) is 4.98 Å². The summed E-state index contributed by atoms with van der Waals surface area (Å²) in [5, 5.41) is 0. The molecule has 1 atom stereocenters. The second-order valence-electron chi connectivity index (χ2n) is 2.32. The first-order valence-electron chi connectivity index (χ1n) is 3.81. The van der Waals surface area contributed by atoms with Crippen molar-refractivity contribution < 1.29 is 4.21 Å². The maximum Gasteiger partial charge on any atom is 0.0571 e. The molecule has 0 aliphatic heterocycles. The van der Waals surface area contributed by atoms with Crippen molar-refractivity contribution in [3.05, 3.63) is 24.0 Å². The number of nitrogens with two attached hydrogens (primary N) is 1. The molecule has 12 heavy (non-hydrogen) atoms. The second-order valence-corrected chi connectivity index (χ2v) is 4.06. The van der Waals surface area contributed by atoms with Gasteiger partial charge in [-0.3, -0.25) is 9.19 Å². The van der Waals surface area contributed by atoms with Gasteiger partial charge in [-0.05, 0) is 12.1 Å². The fourth-order valence-corrected chi connectivity index (χ4v) is 1.56. The molecule has 0 amide bonds. The minimum Gasteiger partial charge on any atom is -0.325 e. The molecule has 0 bridgehead atoms. The van der Waals surface area contributed by atoms with Crippen LogP contribution in [0.15, 0.2) is 23.2 Å². The van der Waals surface area contributed by atoms with Crippen LogP contribution in [-0.2, 0) is 17.3 Å². The highest BCUT2D eigenvalue weighted by Gasteiger charge is 2.00. The predicted molar refractivity (Wildman–Crippen MR) is 49.1 cm³/mol. The van der Waals surface area contributed by atoms with E-state index in [1.165, 1.54) is 0 Å². The van der Waals surface area contributed by atoms with E-state index in [2.05, 4.69) is 4.98 Å². The first kappa shape index (κ1) is 9.35. The van der Waals surface area contributed by atoms with Crippen LogP contribution in [0, 0.1) is 0 Å². The number of pyridine rings is 1. The molecule has 1 heterocycles. The van der Waals surface area contributed by atoms with E-state index >= 15 is 0 Å². The fraction of sp³-hybridized carbons (Fsp3) is 0.375. The summed E-state index contributed by atoms with van der Waals surface area (Å²) in [6.07, 6.45) is 1.63. The Labute approximate surface area is 74.5 Å². The minimum atomic E-state index is -0.904. The fourth-order valence-electron chi connectivity index (χ4n) is 0.833. The van der Waals surface area contributed by atoms with E-state index in [1.807, 2.05) is 19.1 Å². The molecule has 0 radical (unpaired) electrons. The molecule has 2 N–H and O–H groups in total. The van der Waals surface area contributed by atoms with Crippen LogP contribution >= 0.6 is 0 Å². The van der Waals surface area contributed by atoms with Gasteiger partial charge in [0.2, 0.25) is 0 Å². The van der Waals surface area contributed by atoms with Gasteiger partial charge in [0.15, 0.2) is 0 Å². The molecule has 0 aromatic carbocycles. The smallest absolute Gasteiger partial charge is 0.0571 e. The lowest BCUT2D eigenvalue weighted by Crippen LogP contribution is -2.01. The van der Waals surface area contributed by atoms with E-state index in [0.29, 0.717) is 12.3 Å². The van der Waals surface area contributed by atoms with E-state index in [1.54, 1.807) is 6.20 Å². The Morgan fingerprint density at radius 2 is 2.33 bits per heavy atom. The summed E-state index contributed by atoms with van der Waals surface area (Å²) in [6, 6.07) is 3.62. The summed E-state index contributed by atoms with van der Waals surface area (Å²) in [5.41, 5.74) is 6.20. The van der Waals surface area contributed by atoms with Gasteiger partial charge in [0.05, 0.1) is 21.4 Å². The van der Waals surface area contributed by atoms with Crippen LogP contribution in [0.25, 0.3) is 0 Å². The molecule has 1 rings (SSSR count). The Bertz CT molecular complexity index is 271. The topological polar surface area (TPSA) is 56.0 Å². The van der Waals surface area contributed by atoms with Crippen LogP contribution in [0.3, 0.4) is 0 Å². The zero-order chi connectivity index (χ0) is 8.97. The molecule has 0 saturated carbocycles. The van der Waals surface area contributed by atoms with Gasteiger partial charge in [-0.15, -0.1) is 0 Å². The molecule has 0 saturated heterocycles. The number of nitrogens with zero attached hydrogens (tertiary/aromatic N) is 1. The Hall–Kier alpha value is -0.740. The average Bonchev–Trinajstić information content (AvgIpc) is 2.17. The number of hydrogen-bond donors (Lipinski definition) is 1. The van der Waals surface area contributed by atoms with Crippen molar-refractivity contribution in [2.45, 2.75) is 18.4 Å². The zero-order valence-electron chi connectivity index (χ0n) is 6.99. The largest absolute Gasteiger partial charge is 0.325 e. The van der Waals surface area contributed by atoms with Crippen molar-refractivity contribution in [2.75, 3.05) is 5.75 Å². The van der Waals surface area contributed by atoms with Gasteiger partial charge in [0.25, 0.3) is 0 Å². The van der Waals surface area contributed by atoms with E-state index < -0.39 is 10.8 Å². The van der Waals surface area contributed by atoms with Gasteiger partial charge in [0.1, 0.15) is 0 Å². The Kier molecular flexibility index (Phi) is 3.37. The molecular formula is C8H12N2OS. The lowest BCUT2D eigenvalue weighted by molar-refractivity contribution is 0.683. The third kappa shape index (κ3) is 2.12. The van der Waals surface area contributed by atoms with Crippen molar-refractivity contribution in [3.8, 4) is 0 Å². The zero-order valence-corrected chi connectivity index (χ0v) is 7.80. The van der Waals surface area contributed by atoms with Gasteiger partial charge in [-0.1, -0.05) is 6.92 Å². The Morgan fingerprint density at radius 1 is 1.58 bits per heavy atom. The molecule has 1 aromatic rings. The number of hydrogen-bond acceptors (Lipinski definition) is 3. The summed E-state index contributed by atoms with van der Waals surface area (Å²) in [4.78, 5) is 4.82. The van der Waals surface area contributed by atoms with E-state index in [0.717, 1.165) is 10.6 Å². The van der Waals surface area contributed by atoms with Crippen LogP contribution in [0.2, 0.25) is 0 Å². The number of rotatable bonds is 3.